The Bertz CT molecular complexity index is 322. The molecule has 1 rings (SSSR count). The standard InChI is InChI=1S/C11H20F2N4/c1-8(2-5-14)10(6-15,9(17)3-4-9)11(12,13)7-16/h8H,2-6,14-15,17H2,1H3. The maximum atomic E-state index is 14.0. The molecule has 0 bridgehead atoms. The zero-order chi connectivity index (χ0) is 13.3. The maximum absolute atomic E-state index is 14.0. The molecule has 1 fully saturated rings. The van der Waals surface area contributed by atoms with E-state index in [9.17, 15) is 8.78 Å². The number of alkyl halides is 2. The average Bonchev–Trinajstić information content (AvgIpc) is 2.99. The zero-order valence-corrected chi connectivity index (χ0v) is 10.0. The number of nitriles is 1. The van der Waals surface area contributed by atoms with Gasteiger partial charge >= 0.3 is 5.92 Å². The van der Waals surface area contributed by atoms with E-state index in [4.69, 9.17) is 22.5 Å². The Morgan fingerprint density at radius 3 is 2.24 bits per heavy atom. The van der Waals surface area contributed by atoms with Crippen molar-refractivity contribution < 1.29 is 8.78 Å². The van der Waals surface area contributed by atoms with Crippen molar-refractivity contribution >= 4 is 0 Å². The third-order valence-electron chi connectivity index (χ3n) is 4.14. The summed E-state index contributed by atoms with van der Waals surface area (Å²) >= 11 is 0. The first-order chi connectivity index (χ1) is 7.81. The van der Waals surface area contributed by atoms with Gasteiger partial charge in [-0.1, -0.05) is 6.92 Å². The minimum atomic E-state index is -3.53. The van der Waals surface area contributed by atoms with E-state index in [1.54, 1.807) is 6.92 Å². The predicted octanol–water partition coefficient (Wildman–Crippen LogP) is 0.567. The molecule has 1 saturated carbocycles. The molecule has 2 atom stereocenters. The molecule has 0 aromatic heterocycles. The molecule has 0 spiro atoms. The van der Waals surface area contributed by atoms with Gasteiger partial charge < -0.3 is 17.2 Å². The summed E-state index contributed by atoms with van der Waals surface area (Å²) in [6.07, 6.45) is 1.35. The van der Waals surface area contributed by atoms with E-state index >= 15 is 0 Å². The van der Waals surface area contributed by atoms with Crippen molar-refractivity contribution in [1.82, 2.24) is 0 Å². The van der Waals surface area contributed by atoms with E-state index in [1.807, 2.05) is 0 Å². The Labute approximate surface area is 100 Å². The highest BCUT2D eigenvalue weighted by Crippen LogP contribution is 2.59. The Kier molecular flexibility index (Phi) is 3.77. The highest BCUT2D eigenvalue weighted by molar-refractivity contribution is 5.24. The molecule has 17 heavy (non-hydrogen) atoms. The summed E-state index contributed by atoms with van der Waals surface area (Å²) < 4.78 is 28.0. The van der Waals surface area contributed by atoms with E-state index < -0.39 is 22.8 Å². The SMILES string of the molecule is CC(CCN)C(CN)(C(F)(F)C#N)C1(N)CC1. The number of halogens is 2. The summed E-state index contributed by atoms with van der Waals surface area (Å²) in [6.45, 7) is 1.63. The highest BCUT2D eigenvalue weighted by atomic mass is 19.3. The van der Waals surface area contributed by atoms with Crippen LogP contribution in [0.2, 0.25) is 0 Å². The van der Waals surface area contributed by atoms with Gasteiger partial charge in [0.1, 0.15) is 6.07 Å². The quantitative estimate of drug-likeness (QED) is 0.637. The lowest BCUT2D eigenvalue weighted by molar-refractivity contribution is -0.120. The lowest BCUT2D eigenvalue weighted by Crippen LogP contribution is -2.63. The molecule has 0 aromatic rings. The maximum Gasteiger partial charge on any atom is 0.340 e. The molecule has 2 unspecified atom stereocenters. The lowest BCUT2D eigenvalue weighted by atomic mass is 9.63. The van der Waals surface area contributed by atoms with Gasteiger partial charge in [-0.25, -0.2) is 0 Å². The van der Waals surface area contributed by atoms with Gasteiger partial charge in [-0.05, 0) is 31.7 Å². The highest BCUT2D eigenvalue weighted by Gasteiger charge is 2.70. The fraction of sp³-hybridized carbons (Fsp3) is 0.909. The second-order valence-corrected chi connectivity index (χ2v) is 5.00. The van der Waals surface area contributed by atoms with Crippen LogP contribution in [0, 0.1) is 22.7 Å². The fourth-order valence-electron chi connectivity index (χ4n) is 2.82. The third-order valence-corrected chi connectivity index (χ3v) is 4.14. The second kappa shape index (κ2) is 4.48. The van der Waals surface area contributed by atoms with Gasteiger partial charge in [0.15, 0.2) is 0 Å². The Balaban J connectivity index is 3.21. The van der Waals surface area contributed by atoms with Crippen LogP contribution in [0.25, 0.3) is 0 Å². The van der Waals surface area contributed by atoms with Crippen LogP contribution in [0.15, 0.2) is 0 Å². The number of nitrogens with two attached hydrogens (primary N) is 3. The summed E-state index contributed by atoms with van der Waals surface area (Å²) in [4.78, 5) is 0. The second-order valence-electron chi connectivity index (χ2n) is 5.00. The number of hydrogen-bond donors (Lipinski definition) is 3. The first-order valence-corrected chi connectivity index (χ1v) is 5.79. The Morgan fingerprint density at radius 2 is 1.94 bits per heavy atom. The molecule has 0 aliphatic heterocycles. The van der Waals surface area contributed by atoms with Gasteiger partial charge in [0.05, 0.1) is 5.41 Å². The summed E-state index contributed by atoms with van der Waals surface area (Å²) in [5.41, 5.74) is 14.3. The van der Waals surface area contributed by atoms with Crippen molar-refractivity contribution in [3.63, 3.8) is 0 Å². The first-order valence-electron chi connectivity index (χ1n) is 5.79. The van der Waals surface area contributed by atoms with Crippen LogP contribution in [0.4, 0.5) is 8.78 Å². The third kappa shape index (κ3) is 1.92. The summed E-state index contributed by atoms with van der Waals surface area (Å²) in [5, 5.41) is 8.73. The van der Waals surface area contributed by atoms with E-state index in [-0.39, 0.29) is 13.1 Å². The topological polar surface area (TPSA) is 102 Å². The van der Waals surface area contributed by atoms with Crippen molar-refractivity contribution in [2.24, 2.45) is 28.5 Å². The zero-order valence-electron chi connectivity index (χ0n) is 10.0. The van der Waals surface area contributed by atoms with Crippen molar-refractivity contribution in [1.29, 1.82) is 5.26 Å². The van der Waals surface area contributed by atoms with E-state index in [1.165, 1.54) is 0 Å². The van der Waals surface area contributed by atoms with Gasteiger partial charge in [0, 0.05) is 12.1 Å². The molecule has 1 aliphatic carbocycles. The molecular formula is C11H20F2N4. The van der Waals surface area contributed by atoms with Crippen LogP contribution in [-0.2, 0) is 0 Å². The van der Waals surface area contributed by atoms with Crippen LogP contribution in [-0.4, -0.2) is 24.6 Å². The van der Waals surface area contributed by atoms with Gasteiger partial charge in [0.2, 0.25) is 0 Å². The lowest BCUT2D eigenvalue weighted by Gasteiger charge is -2.45. The fourth-order valence-corrected chi connectivity index (χ4v) is 2.82. The van der Waals surface area contributed by atoms with Crippen molar-refractivity contribution in [2.45, 2.75) is 37.6 Å². The summed E-state index contributed by atoms with van der Waals surface area (Å²) in [7, 11) is 0. The van der Waals surface area contributed by atoms with E-state index in [2.05, 4.69) is 0 Å². The first kappa shape index (κ1) is 14.3. The molecule has 6 N–H and O–H groups in total. The van der Waals surface area contributed by atoms with Gasteiger partial charge in [0.25, 0.3) is 0 Å². The summed E-state index contributed by atoms with van der Waals surface area (Å²) in [5.74, 6) is -4.01. The molecule has 0 heterocycles. The number of rotatable bonds is 6. The van der Waals surface area contributed by atoms with E-state index in [0.717, 1.165) is 6.07 Å². The van der Waals surface area contributed by atoms with Crippen LogP contribution < -0.4 is 17.2 Å². The average molecular weight is 246 g/mol. The number of hydrogen-bond acceptors (Lipinski definition) is 4. The van der Waals surface area contributed by atoms with E-state index in [0.29, 0.717) is 19.3 Å². The molecule has 4 nitrogen and oxygen atoms in total. The minimum absolute atomic E-state index is 0.278. The summed E-state index contributed by atoms with van der Waals surface area (Å²) in [6, 6.07) is 1.08. The van der Waals surface area contributed by atoms with Gasteiger partial charge in [-0.3, -0.25) is 0 Å². The van der Waals surface area contributed by atoms with Crippen LogP contribution in [0.3, 0.4) is 0 Å². The molecular weight excluding hydrogens is 226 g/mol. The molecule has 98 valence electrons. The van der Waals surface area contributed by atoms with Gasteiger partial charge in [-0.2, -0.15) is 14.0 Å². The van der Waals surface area contributed by atoms with Crippen molar-refractivity contribution in [3.8, 4) is 6.07 Å². The molecule has 0 radical (unpaired) electrons. The van der Waals surface area contributed by atoms with Crippen LogP contribution in [0.5, 0.6) is 0 Å². The van der Waals surface area contributed by atoms with Crippen LogP contribution >= 0.6 is 0 Å². The van der Waals surface area contributed by atoms with Crippen molar-refractivity contribution in [3.05, 3.63) is 0 Å². The van der Waals surface area contributed by atoms with Gasteiger partial charge in [-0.15, -0.1) is 0 Å². The normalized spacial score (nSPS) is 23.6. The monoisotopic (exact) mass is 246 g/mol. The minimum Gasteiger partial charge on any atom is -0.330 e. The molecule has 0 amide bonds. The van der Waals surface area contributed by atoms with Crippen LogP contribution in [0.1, 0.15) is 26.2 Å². The van der Waals surface area contributed by atoms with Crippen molar-refractivity contribution in [2.75, 3.05) is 13.1 Å². The Hall–Kier alpha value is -0.770. The largest absolute Gasteiger partial charge is 0.340 e. The Morgan fingerprint density at radius 1 is 1.41 bits per heavy atom. The molecule has 1 aliphatic rings. The predicted molar refractivity (Wildman–Crippen MR) is 61.0 cm³/mol. The number of nitrogens with zero attached hydrogens (tertiary/aromatic N) is 1. The smallest absolute Gasteiger partial charge is 0.330 e. The molecule has 6 heteroatoms. The molecule has 0 saturated heterocycles. The molecule has 0 aromatic carbocycles.